The van der Waals surface area contributed by atoms with Crippen LogP contribution in [-0.4, -0.2) is 104 Å². The van der Waals surface area contributed by atoms with Gasteiger partial charge in [0, 0.05) is 72.3 Å². The Labute approximate surface area is 234 Å². The fourth-order valence-corrected chi connectivity index (χ4v) is 5.62. The summed E-state index contributed by atoms with van der Waals surface area (Å²) >= 11 is 0. The largest absolute Gasteiger partial charge is 0.385 e. The number of nitrogens with zero attached hydrogens (tertiary/aromatic N) is 3. The summed E-state index contributed by atoms with van der Waals surface area (Å²) in [5.74, 6) is -0.288. The molecule has 0 unspecified atom stereocenters. The van der Waals surface area contributed by atoms with Crippen molar-refractivity contribution < 1.29 is 17.9 Å². The predicted molar refractivity (Wildman–Crippen MR) is 159 cm³/mol. The number of anilines is 2. The molecule has 0 spiro atoms. The van der Waals surface area contributed by atoms with E-state index in [4.69, 9.17) is 4.74 Å². The number of rotatable bonds is 14. The molecule has 2 N–H and O–H groups in total. The van der Waals surface area contributed by atoms with Crippen LogP contribution in [0.4, 0.5) is 11.4 Å². The molecule has 1 fully saturated rings. The van der Waals surface area contributed by atoms with Gasteiger partial charge in [0.05, 0.1) is 21.8 Å². The number of hydrogen-bond acceptors (Lipinski definition) is 8. The number of likely N-dealkylation sites (tertiary alicyclic amines) is 1. The van der Waals surface area contributed by atoms with Crippen LogP contribution in [-0.2, 0) is 21.1 Å². The smallest absolute Gasteiger partial charge is 0.253 e. The molecule has 1 aliphatic rings. The van der Waals surface area contributed by atoms with E-state index >= 15 is 0 Å². The molecule has 2 aromatic rings. The van der Waals surface area contributed by atoms with Crippen LogP contribution in [0.15, 0.2) is 47.4 Å². The van der Waals surface area contributed by atoms with Crippen molar-refractivity contribution >= 4 is 27.1 Å². The van der Waals surface area contributed by atoms with Crippen LogP contribution >= 0.6 is 0 Å². The Morgan fingerprint density at radius 3 is 2.38 bits per heavy atom. The number of piperidine rings is 1. The molecule has 39 heavy (non-hydrogen) atoms. The first-order valence-electron chi connectivity index (χ1n) is 13.6. The van der Waals surface area contributed by atoms with E-state index in [0.29, 0.717) is 43.1 Å². The molecule has 10 heteroatoms. The summed E-state index contributed by atoms with van der Waals surface area (Å²) in [4.78, 5) is 19.9. The van der Waals surface area contributed by atoms with Gasteiger partial charge >= 0.3 is 0 Å². The van der Waals surface area contributed by atoms with Gasteiger partial charge in [-0.2, -0.15) is 0 Å². The number of carbonyl (C=O) groups is 1. The quantitative estimate of drug-likeness (QED) is 0.342. The van der Waals surface area contributed by atoms with E-state index in [2.05, 4.69) is 44.7 Å². The molecule has 0 aromatic heterocycles. The topological polar surface area (TPSA) is 94.2 Å². The first-order chi connectivity index (χ1) is 18.6. The molecular weight excluding hydrogens is 514 g/mol. The molecule has 1 amide bonds. The van der Waals surface area contributed by atoms with Crippen molar-refractivity contribution in [2.24, 2.45) is 0 Å². The molecule has 3 rings (SSSR count). The number of nitrogens with one attached hydrogen (secondary N) is 2. The van der Waals surface area contributed by atoms with Crippen molar-refractivity contribution in [1.29, 1.82) is 0 Å². The lowest BCUT2D eigenvalue weighted by Gasteiger charge is -2.33. The van der Waals surface area contributed by atoms with Gasteiger partial charge in [0.15, 0.2) is 9.84 Å². The second kappa shape index (κ2) is 14.6. The summed E-state index contributed by atoms with van der Waals surface area (Å²) < 4.78 is 30.9. The highest BCUT2D eigenvalue weighted by Gasteiger charge is 2.26. The SMILES string of the molecule is COCCCNC(=O)c1cc(S(C)(=O)=O)c(NC2CCN(Cc3ccccc3)CC2)cc1N(C)CCN(C)C. The van der Waals surface area contributed by atoms with Gasteiger partial charge in [-0.05, 0) is 51.1 Å². The maximum Gasteiger partial charge on any atom is 0.253 e. The van der Waals surface area contributed by atoms with Crippen LogP contribution < -0.4 is 15.5 Å². The lowest BCUT2D eigenvalue weighted by atomic mass is 10.0. The van der Waals surface area contributed by atoms with Gasteiger partial charge < -0.3 is 25.2 Å². The molecule has 1 saturated heterocycles. The minimum Gasteiger partial charge on any atom is -0.385 e. The third kappa shape index (κ3) is 9.49. The molecule has 9 nitrogen and oxygen atoms in total. The predicted octanol–water partition coefficient (Wildman–Crippen LogP) is 2.93. The zero-order valence-corrected chi connectivity index (χ0v) is 24.9. The number of hydrogen-bond donors (Lipinski definition) is 2. The lowest BCUT2D eigenvalue weighted by Crippen LogP contribution is -2.39. The Balaban J connectivity index is 1.83. The standard InChI is InChI=1S/C29H45N5O4S/c1-32(2)17-18-33(3)27-21-26(28(39(5,36)37)20-25(27)29(35)30-14-9-19-38-4)31-24-12-15-34(16-13-24)22-23-10-7-6-8-11-23/h6-8,10-11,20-21,24,31H,9,12-19,22H2,1-5H3,(H,30,35). The second-order valence-electron chi connectivity index (χ2n) is 10.6. The zero-order chi connectivity index (χ0) is 28.4. The molecule has 1 aliphatic heterocycles. The van der Waals surface area contributed by atoms with Crippen LogP contribution in [0, 0.1) is 0 Å². The van der Waals surface area contributed by atoms with E-state index in [-0.39, 0.29) is 16.8 Å². The maximum absolute atomic E-state index is 13.2. The highest BCUT2D eigenvalue weighted by atomic mass is 32.2. The summed E-state index contributed by atoms with van der Waals surface area (Å²) in [7, 11) is 3.97. The fourth-order valence-electron chi connectivity index (χ4n) is 4.77. The Kier molecular flexibility index (Phi) is 11.6. The van der Waals surface area contributed by atoms with Crippen LogP contribution in [0.1, 0.15) is 35.2 Å². The molecule has 216 valence electrons. The lowest BCUT2D eigenvalue weighted by molar-refractivity contribution is 0.0949. The van der Waals surface area contributed by atoms with Crippen molar-refractivity contribution in [2.45, 2.75) is 36.7 Å². The number of likely N-dealkylation sites (N-methyl/N-ethyl adjacent to an activating group) is 2. The minimum atomic E-state index is -3.59. The van der Waals surface area contributed by atoms with Gasteiger partial charge in [0.25, 0.3) is 5.91 Å². The average Bonchev–Trinajstić information content (AvgIpc) is 2.90. The first-order valence-corrected chi connectivity index (χ1v) is 15.5. The first kappa shape index (κ1) is 30.9. The highest BCUT2D eigenvalue weighted by Crippen LogP contribution is 2.33. The molecule has 0 atom stereocenters. The van der Waals surface area contributed by atoms with Gasteiger partial charge in [-0.25, -0.2) is 8.42 Å². The van der Waals surface area contributed by atoms with Crippen molar-refractivity contribution in [3.63, 3.8) is 0 Å². The number of carbonyl (C=O) groups excluding carboxylic acids is 1. The van der Waals surface area contributed by atoms with Crippen LogP contribution in [0.5, 0.6) is 0 Å². The van der Waals surface area contributed by atoms with Gasteiger partial charge in [-0.1, -0.05) is 30.3 Å². The second-order valence-corrected chi connectivity index (χ2v) is 12.6. The van der Waals surface area contributed by atoms with E-state index in [0.717, 1.165) is 39.0 Å². The Hall–Kier alpha value is -2.66. The number of sulfone groups is 1. The van der Waals surface area contributed by atoms with Crippen LogP contribution in [0.2, 0.25) is 0 Å². The Morgan fingerprint density at radius 2 is 1.77 bits per heavy atom. The van der Waals surface area contributed by atoms with E-state index in [9.17, 15) is 13.2 Å². The Morgan fingerprint density at radius 1 is 1.08 bits per heavy atom. The van der Waals surface area contributed by atoms with E-state index in [1.165, 1.54) is 17.9 Å². The van der Waals surface area contributed by atoms with Gasteiger partial charge in [-0.15, -0.1) is 0 Å². The van der Waals surface area contributed by atoms with E-state index in [1.54, 1.807) is 7.11 Å². The third-order valence-corrected chi connectivity index (χ3v) is 8.18. The summed E-state index contributed by atoms with van der Waals surface area (Å²) in [6, 6.07) is 14.0. The van der Waals surface area contributed by atoms with Crippen LogP contribution in [0.25, 0.3) is 0 Å². The van der Waals surface area contributed by atoms with Gasteiger partial charge in [-0.3, -0.25) is 9.69 Å². The zero-order valence-electron chi connectivity index (χ0n) is 24.1. The van der Waals surface area contributed by atoms with Crippen molar-refractivity contribution in [1.82, 2.24) is 15.1 Å². The monoisotopic (exact) mass is 559 g/mol. The van der Waals surface area contributed by atoms with Gasteiger partial charge in [0.1, 0.15) is 0 Å². The molecular formula is C29H45N5O4S. The summed E-state index contributed by atoms with van der Waals surface area (Å²) in [5.41, 5.74) is 2.92. The molecule has 0 saturated carbocycles. The summed E-state index contributed by atoms with van der Waals surface area (Å²) in [6.07, 6.45) is 3.69. The number of benzene rings is 2. The van der Waals surface area contributed by atoms with Crippen molar-refractivity contribution in [2.75, 3.05) is 84.1 Å². The van der Waals surface area contributed by atoms with Crippen LogP contribution in [0.3, 0.4) is 0 Å². The summed E-state index contributed by atoms with van der Waals surface area (Å²) in [5, 5.41) is 6.46. The molecule has 0 bridgehead atoms. The molecule has 0 radical (unpaired) electrons. The number of methoxy groups -OCH3 is 1. The normalized spacial score (nSPS) is 14.9. The molecule has 0 aliphatic carbocycles. The van der Waals surface area contributed by atoms with Crippen molar-refractivity contribution in [3.8, 4) is 0 Å². The minimum absolute atomic E-state index is 0.145. The number of amides is 1. The van der Waals surface area contributed by atoms with E-state index < -0.39 is 9.84 Å². The average molecular weight is 560 g/mol. The number of ether oxygens (including phenoxy) is 1. The third-order valence-electron chi connectivity index (χ3n) is 7.04. The Bertz CT molecular complexity index is 1170. The highest BCUT2D eigenvalue weighted by molar-refractivity contribution is 7.90. The summed E-state index contributed by atoms with van der Waals surface area (Å²) in [6.45, 7) is 5.24. The van der Waals surface area contributed by atoms with E-state index in [1.807, 2.05) is 38.2 Å². The maximum atomic E-state index is 13.2. The molecule has 1 heterocycles. The fraction of sp³-hybridized carbons (Fsp3) is 0.552. The van der Waals surface area contributed by atoms with Crippen molar-refractivity contribution in [3.05, 3.63) is 53.6 Å². The van der Waals surface area contributed by atoms with Gasteiger partial charge in [0.2, 0.25) is 0 Å². The molecule has 2 aromatic carbocycles.